The van der Waals surface area contributed by atoms with Gasteiger partial charge < -0.3 is 10.2 Å². The van der Waals surface area contributed by atoms with Crippen molar-refractivity contribution in [2.24, 2.45) is 5.92 Å². The summed E-state index contributed by atoms with van der Waals surface area (Å²) in [7, 11) is 0. The minimum absolute atomic E-state index is 0.159. The first-order valence-corrected chi connectivity index (χ1v) is 4.47. The maximum atomic E-state index is 9.36. The molecule has 0 saturated heterocycles. The average molecular weight is 160 g/mol. The number of aliphatic hydroxyl groups excluding tert-OH is 2. The SMILES string of the molecule is CC(C)C(O)CCCCCO. The van der Waals surface area contributed by atoms with Gasteiger partial charge in [-0.05, 0) is 18.8 Å². The van der Waals surface area contributed by atoms with Gasteiger partial charge in [0.1, 0.15) is 0 Å². The second-order valence-electron chi connectivity index (χ2n) is 3.38. The highest BCUT2D eigenvalue weighted by Gasteiger charge is 2.07. The Morgan fingerprint density at radius 1 is 1.09 bits per heavy atom. The highest BCUT2D eigenvalue weighted by atomic mass is 16.3. The lowest BCUT2D eigenvalue weighted by Gasteiger charge is -2.13. The fourth-order valence-electron chi connectivity index (χ4n) is 0.975. The molecule has 2 N–H and O–H groups in total. The van der Waals surface area contributed by atoms with E-state index in [4.69, 9.17) is 5.11 Å². The van der Waals surface area contributed by atoms with Gasteiger partial charge in [-0.3, -0.25) is 0 Å². The Labute approximate surface area is 69.2 Å². The molecule has 0 aromatic carbocycles. The van der Waals surface area contributed by atoms with Gasteiger partial charge in [0, 0.05) is 6.61 Å². The third-order valence-corrected chi connectivity index (χ3v) is 1.93. The van der Waals surface area contributed by atoms with Crippen molar-refractivity contribution in [3.8, 4) is 0 Å². The zero-order valence-electron chi connectivity index (χ0n) is 7.58. The van der Waals surface area contributed by atoms with E-state index in [1.807, 2.05) is 13.8 Å². The van der Waals surface area contributed by atoms with Crippen LogP contribution in [0.5, 0.6) is 0 Å². The van der Waals surface area contributed by atoms with E-state index in [1.54, 1.807) is 0 Å². The molecule has 0 radical (unpaired) electrons. The van der Waals surface area contributed by atoms with Crippen LogP contribution in [-0.4, -0.2) is 22.9 Å². The zero-order chi connectivity index (χ0) is 8.69. The lowest BCUT2D eigenvalue weighted by atomic mass is 10.0. The normalized spacial score (nSPS) is 13.9. The van der Waals surface area contributed by atoms with E-state index in [2.05, 4.69) is 0 Å². The number of hydrogen-bond donors (Lipinski definition) is 2. The molecule has 0 aromatic heterocycles. The summed E-state index contributed by atoms with van der Waals surface area (Å²) in [6, 6.07) is 0. The van der Waals surface area contributed by atoms with Crippen LogP contribution in [0.3, 0.4) is 0 Å². The summed E-state index contributed by atoms with van der Waals surface area (Å²) in [6.45, 7) is 4.32. The molecule has 0 saturated carbocycles. The van der Waals surface area contributed by atoms with Gasteiger partial charge in [0.15, 0.2) is 0 Å². The van der Waals surface area contributed by atoms with E-state index in [0.717, 1.165) is 25.7 Å². The Kier molecular flexibility index (Phi) is 6.57. The number of hydrogen-bond acceptors (Lipinski definition) is 2. The van der Waals surface area contributed by atoms with Crippen molar-refractivity contribution in [3.05, 3.63) is 0 Å². The third kappa shape index (κ3) is 6.32. The van der Waals surface area contributed by atoms with Gasteiger partial charge in [-0.25, -0.2) is 0 Å². The second kappa shape index (κ2) is 6.62. The quantitative estimate of drug-likeness (QED) is 0.579. The molecule has 0 spiro atoms. The fourth-order valence-corrected chi connectivity index (χ4v) is 0.975. The standard InChI is InChI=1S/C9H20O2/c1-8(2)9(11)6-4-3-5-7-10/h8-11H,3-7H2,1-2H3. The predicted molar refractivity (Wildman–Crippen MR) is 46.4 cm³/mol. The first-order valence-electron chi connectivity index (χ1n) is 4.47. The maximum Gasteiger partial charge on any atom is 0.0563 e. The van der Waals surface area contributed by atoms with E-state index < -0.39 is 0 Å². The number of rotatable bonds is 6. The zero-order valence-corrected chi connectivity index (χ0v) is 7.58. The minimum atomic E-state index is -0.159. The van der Waals surface area contributed by atoms with Crippen molar-refractivity contribution in [1.82, 2.24) is 0 Å². The highest BCUT2D eigenvalue weighted by molar-refractivity contribution is 4.59. The van der Waals surface area contributed by atoms with E-state index >= 15 is 0 Å². The molecular formula is C9H20O2. The molecule has 11 heavy (non-hydrogen) atoms. The van der Waals surface area contributed by atoms with Crippen LogP contribution in [0.25, 0.3) is 0 Å². The summed E-state index contributed by atoms with van der Waals surface area (Å²) in [4.78, 5) is 0. The lowest BCUT2D eigenvalue weighted by molar-refractivity contribution is 0.112. The summed E-state index contributed by atoms with van der Waals surface area (Å²) in [5, 5.41) is 17.8. The molecule has 0 aliphatic carbocycles. The minimum Gasteiger partial charge on any atom is -0.396 e. The van der Waals surface area contributed by atoms with Crippen molar-refractivity contribution in [2.75, 3.05) is 6.61 Å². The van der Waals surface area contributed by atoms with E-state index in [9.17, 15) is 5.11 Å². The molecule has 0 aliphatic rings. The topological polar surface area (TPSA) is 40.5 Å². The fraction of sp³-hybridized carbons (Fsp3) is 1.00. The first kappa shape index (κ1) is 10.9. The largest absolute Gasteiger partial charge is 0.396 e. The second-order valence-corrected chi connectivity index (χ2v) is 3.38. The average Bonchev–Trinajstić information content (AvgIpc) is 1.97. The van der Waals surface area contributed by atoms with Crippen molar-refractivity contribution in [1.29, 1.82) is 0 Å². The smallest absolute Gasteiger partial charge is 0.0563 e. The summed E-state index contributed by atoms with van der Waals surface area (Å²) < 4.78 is 0. The number of aliphatic hydroxyl groups is 2. The predicted octanol–water partition coefficient (Wildman–Crippen LogP) is 1.56. The molecule has 2 nitrogen and oxygen atoms in total. The number of unbranched alkanes of at least 4 members (excludes halogenated alkanes) is 2. The summed E-state index contributed by atoms with van der Waals surface area (Å²) in [6.07, 6.45) is 3.64. The molecule has 0 bridgehead atoms. The Hall–Kier alpha value is -0.0800. The van der Waals surface area contributed by atoms with Crippen molar-refractivity contribution in [3.63, 3.8) is 0 Å². The van der Waals surface area contributed by atoms with Gasteiger partial charge in [0.2, 0.25) is 0 Å². The van der Waals surface area contributed by atoms with Crippen LogP contribution in [0.15, 0.2) is 0 Å². The van der Waals surface area contributed by atoms with Crippen LogP contribution in [0.2, 0.25) is 0 Å². The van der Waals surface area contributed by atoms with Crippen LogP contribution >= 0.6 is 0 Å². The van der Waals surface area contributed by atoms with Crippen LogP contribution in [0, 0.1) is 5.92 Å². The van der Waals surface area contributed by atoms with E-state index in [1.165, 1.54) is 0 Å². The van der Waals surface area contributed by atoms with E-state index in [-0.39, 0.29) is 12.7 Å². The summed E-state index contributed by atoms with van der Waals surface area (Å²) in [5.74, 6) is 0.365. The summed E-state index contributed by atoms with van der Waals surface area (Å²) >= 11 is 0. The van der Waals surface area contributed by atoms with Gasteiger partial charge in [-0.1, -0.05) is 26.7 Å². The Balaban J connectivity index is 3.10. The first-order chi connectivity index (χ1) is 5.18. The van der Waals surface area contributed by atoms with Crippen LogP contribution < -0.4 is 0 Å². The van der Waals surface area contributed by atoms with Gasteiger partial charge in [0.25, 0.3) is 0 Å². The van der Waals surface area contributed by atoms with Gasteiger partial charge in [-0.15, -0.1) is 0 Å². The monoisotopic (exact) mass is 160 g/mol. The van der Waals surface area contributed by atoms with Crippen molar-refractivity contribution in [2.45, 2.75) is 45.6 Å². The third-order valence-electron chi connectivity index (χ3n) is 1.93. The molecule has 0 rings (SSSR count). The Bertz CT molecular complexity index is 81.6. The van der Waals surface area contributed by atoms with Crippen molar-refractivity contribution >= 4 is 0 Å². The Morgan fingerprint density at radius 2 is 1.73 bits per heavy atom. The molecule has 1 unspecified atom stereocenters. The molecule has 0 fully saturated rings. The van der Waals surface area contributed by atoms with Crippen molar-refractivity contribution < 1.29 is 10.2 Å². The molecule has 0 amide bonds. The Morgan fingerprint density at radius 3 is 2.18 bits per heavy atom. The highest BCUT2D eigenvalue weighted by Crippen LogP contribution is 2.10. The maximum absolute atomic E-state index is 9.36. The lowest BCUT2D eigenvalue weighted by Crippen LogP contribution is -2.13. The van der Waals surface area contributed by atoms with Gasteiger partial charge in [0.05, 0.1) is 6.10 Å². The molecule has 1 atom stereocenters. The van der Waals surface area contributed by atoms with Gasteiger partial charge >= 0.3 is 0 Å². The summed E-state index contributed by atoms with van der Waals surface area (Å²) in [5.41, 5.74) is 0. The molecule has 0 aromatic rings. The molecule has 2 heteroatoms. The van der Waals surface area contributed by atoms with Crippen LogP contribution in [0.4, 0.5) is 0 Å². The van der Waals surface area contributed by atoms with Crippen LogP contribution in [0.1, 0.15) is 39.5 Å². The van der Waals surface area contributed by atoms with Crippen LogP contribution in [-0.2, 0) is 0 Å². The molecule has 68 valence electrons. The molecule has 0 heterocycles. The van der Waals surface area contributed by atoms with E-state index in [0.29, 0.717) is 5.92 Å². The van der Waals surface area contributed by atoms with Gasteiger partial charge in [-0.2, -0.15) is 0 Å². The molecular weight excluding hydrogens is 140 g/mol. The molecule has 0 aliphatic heterocycles.